The molecule has 0 radical (unpaired) electrons. The van der Waals surface area contributed by atoms with Crippen LogP contribution in [0.4, 0.5) is 0 Å². The molecule has 3 amide bonds. The number of benzene rings is 2. The summed E-state index contributed by atoms with van der Waals surface area (Å²) in [7, 11) is 0. The summed E-state index contributed by atoms with van der Waals surface area (Å²) in [6, 6.07) is 13.7. The van der Waals surface area contributed by atoms with Crippen molar-refractivity contribution < 1.29 is 14.4 Å². The van der Waals surface area contributed by atoms with E-state index < -0.39 is 0 Å². The standard InChI is InChI=1S/C24H27N3O3/c28-22(15-26-24(30)21-11-10-19-3-1-4-20(19)13-21)25-14-17-6-8-18(9-7-17)16-27-12-2-5-23(27)29/h6-11,13H,1-5,12,14-16H2,(H,25,28)(H,26,30). The lowest BCUT2D eigenvalue weighted by atomic mass is 10.1. The van der Waals surface area contributed by atoms with Crippen molar-refractivity contribution in [3.05, 3.63) is 70.3 Å². The van der Waals surface area contributed by atoms with Crippen LogP contribution in [0.3, 0.4) is 0 Å². The Kier molecular flexibility index (Phi) is 6.12. The van der Waals surface area contributed by atoms with Crippen molar-refractivity contribution in [1.82, 2.24) is 15.5 Å². The lowest BCUT2D eigenvalue weighted by molar-refractivity contribution is -0.128. The Morgan fingerprint density at radius 2 is 1.63 bits per heavy atom. The number of hydrogen-bond acceptors (Lipinski definition) is 3. The third-order valence-corrected chi connectivity index (χ3v) is 5.83. The number of hydrogen-bond donors (Lipinski definition) is 2. The molecule has 156 valence electrons. The molecule has 1 saturated heterocycles. The normalized spacial score (nSPS) is 15.2. The predicted octanol–water partition coefficient (Wildman–Crippen LogP) is 2.34. The van der Waals surface area contributed by atoms with Crippen molar-refractivity contribution in [2.45, 2.75) is 45.2 Å². The van der Waals surface area contributed by atoms with Gasteiger partial charge >= 0.3 is 0 Å². The van der Waals surface area contributed by atoms with E-state index in [4.69, 9.17) is 0 Å². The fourth-order valence-electron chi connectivity index (χ4n) is 4.09. The molecular weight excluding hydrogens is 378 g/mol. The summed E-state index contributed by atoms with van der Waals surface area (Å²) in [6.45, 7) is 1.82. The minimum Gasteiger partial charge on any atom is -0.350 e. The Morgan fingerprint density at radius 3 is 2.40 bits per heavy atom. The summed E-state index contributed by atoms with van der Waals surface area (Å²) >= 11 is 0. The monoisotopic (exact) mass is 405 g/mol. The second-order valence-corrected chi connectivity index (χ2v) is 8.03. The Morgan fingerprint density at radius 1 is 0.867 bits per heavy atom. The molecule has 0 spiro atoms. The first-order valence-electron chi connectivity index (χ1n) is 10.6. The molecule has 4 rings (SSSR count). The average molecular weight is 405 g/mol. The van der Waals surface area contributed by atoms with E-state index >= 15 is 0 Å². The maximum absolute atomic E-state index is 12.3. The number of amides is 3. The van der Waals surface area contributed by atoms with E-state index in [0.717, 1.165) is 43.4 Å². The molecule has 0 atom stereocenters. The molecule has 2 aromatic carbocycles. The minimum absolute atomic E-state index is 0.0505. The first-order chi connectivity index (χ1) is 14.6. The number of aryl methyl sites for hydroxylation is 2. The van der Waals surface area contributed by atoms with E-state index in [2.05, 4.69) is 10.6 Å². The molecule has 1 aliphatic heterocycles. The summed E-state index contributed by atoms with van der Waals surface area (Å²) in [5.41, 5.74) is 5.23. The van der Waals surface area contributed by atoms with Gasteiger partial charge in [-0.1, -0.05) is 30.3 Å². The Bertz CT molecular complexity index is 953. The number of carbonyl (C=O) groups is 3. The Labute approximate surface area is 176 Å². The average Bonchev–Trinajstić information content (AvgIpc) is 3.39. The number of likely N-dealkylation sites (tertiary alicyclic amines) is 1. The fraction of sp³-hybridized carbons (Fsp3) is 0.375. The molecule has 6 nitrogen and oxygen atoms in total. The smallest absolute Gasteiger partial charge is 0.251 e. The van der Waals surface area contributed by atoms with Gasteiger partial charge in [0.25, 0.3) is 5.91 Å². The lowest BCUT2D eigenvalue weighted by Crippen LogP contribution is -2.36. The zero-order valence-electron chi connectivity index (χ0n) is 17.1. The third-order valence-electron chi connectivity index (χ3n) is 5.83. The highest BCUT2D eigenvalue weighted by Gasteiger charge is 2.19. The molecule has 0 aromatic heterocycles. The van der Waals surface area contributed by atoms with E-state index in [1.54, 1.807) is 0 Å². The zero-order valence-corrected chi connectivity index (χ0v) is 17.1. The number of carbonyl (C=O) groups excluding carboxylic acids is 3. The molecule has 2 N–H and O–H groups in total. The summed E-state index contributed by atoms with van der Waals surface area (Å²) in [4.78, 5) is 38.0. The number of nitrogens with zero attached hydrogens (tertiary/aromatic N) is 1. The van der Waals surface area contributed by atoms with Gasteiger partial charge < -0.3 is 15.5 Å². The van der Waals surface area contributed by atoms with Crippen molar-refractivity contribution in [2.24, 2.45) is 0 Å². The molecule has 2 aromatic rings. The van der Waals surface area contributed by atoms with Gasteiger partial charge in [-0.15, -0.1) is 0 Å². The van der Waals surface area contributed by atoms with Crippen LogP contribution in [0, 0.1) is 0 Å². The first-order valence-corrected chi connectivity index (χ1v) is 10.6. The van der Waals surface area contributed by atoms with Crippen LogP contribution < -0.4 is 10.6 Å². The molecular formula is C24H27N3O3. The van der Waals surface area contributed by atoms with Crippen LogP contribution in [0.1, 0.15) is 51.9 Å². The van der Waals surface area contributed by atoms with Crippen LogP contribution >= 0.6 is 0 Å². The highest BCUT2D eigenvalue weighted by molar-refractivity contribution is 5.96. The van der Waals surface area contributed by atoms with Gasteiger partial charge in [-0.2, -0.15) is 0 Å². The maximum atomic E-state index is 12.3. The third kappa shape index (κ3) is 4.87. The van der Waals surface area contributed by atoms with Crippen LogP contribution in [0.25, 0.3) is 0 Å². The van der Waals surface area contributed by atoms with Crippen molar-refractivity contribution >= 4 is 17.7 Å². The van der Waals surface area contributed by atoms with Crippen LogP contribution in [0.15, 0.2) is 42.5 Å². The molecule has 0 bridgehead atoms. The number of nitrogens with one attached hydrogen (secondary N) is 2. The van der Waals surface area contributed by atoms with Gasteiger partial charge in [-0.25, -0.2) is 0 Å². The van der Waals surface area contributed by atoms with E-state index in [9.17, 15) is 14.4 Å². The fourth-order valence-corrected chi connectivity index (χ4v) is 4.09. The van der Waals surface area contributed by atoms with Crippen molar-refractivity contribution in [3.63, 3.8) is 0 Å². The summed E-state index contributed by atoms with van der Waals surface area (Å²) in [5.74, 6) is -0.231. The molecule has 0 saturated carbocycles. The van der Waals surface area contributed by atoms with Crippen LogP contribution in [0.5, 0.6) is 0 Å². The molecule has 6 heteroatoms. The van der Waals surface area contributed by atoms with Crippen molar-refractivity contribution in [3.8, 4) is 0 Å². The largest absolute Gasteiger partial charge is 0.350 e. The summed E-state index contributed by atoms with van der Waals surface area (Å²) in [6.07, 6.45) is 4.82. The topological polar surface area (TPSA) is 78.5 Å². The van der Waals surface area contributed by atoms with Gasteiger partial charge in [0.15, 0.2) is 0 Å². The molecule has 1 fully saturated rings. The van der Waals surface area contributed by atoms with Gasteiger partial charge in [0, 0.05) is 31.6 Å². The summed E-state index contributed by atoms with van der Waals surface area (Å²) in [5, 5.41) is 5.52. The van der Waals surface area contributed by atoms with Crippen molar-refractivity contribution in [1.29, 1.82) is 0 Å². The lowest BCUT2D eigenvalue weighted by Gasteiger charge is -2.15. The van der Waals surface area contributed by atoms with Gasteiger partial charge in [0.05, 0.1) is 6.54 Å². The second kappa shape index (κ2) is 9.11. The van der Waals surface area contributed by atoms with E-state index in [1.807, 2.05) is 47.4 Å². The minimum atomic E-state index is -0.226. The Balaban J connectivity index is 1.21. The highest BCUT2D eigenvalue weighted by atomic mass is 16.2. The van der Waals surface area contributed by atoms with Gasteiger partial charge in [-0.3, -0.25) is 14.4 Å². The van der Waals surface area contributed by atoms with E-state index in [0.29, 0.717) is 25.1 Å². The van der Waals surface area contributed by atoms with Crippen LogP contribution in [0.2, 0.25) is 0 Å². The summed E-state index contributed by atoms with van der Waals surface area (Å²) < 4.78 is 0. The zero-order chi connectivity index (χ0) is 20.9. The van der Waals surface area contributed by atoms with Crippen LogP contribution in [-0.4, -0.2) is 35.7 Å². The molecule has 1 heterocycles. The molecule has 2 aliphatic rings. The van der Waals surface area contributed by atoms with Crippen LogP contribution in [-0.2, 0) is 35.5 Å². The Hall–Kier alpha value is -3.15. The van der Waals surface area contributed by atoms with Crippen molar-refractivity contribution in [2.75, 3.05) is 13.1 Å². The van der Waals surface area contributed by atoms with Gasteiger partial charge in [-0.05, 0) is 60.1 Å². The predicted molar refractivity (Wildman–Crippen MR) is 114 cm³/mol. The number of rotatable bonds is 7. The second-order valence-electron chi connectivity index (χ2n) is 8.03. The molecule has 0 unspecified atom stereocenters. The number of fused-ring (bicyclic) bond motifs is 1. The highest BCUT2D eigenvalue weighted by Crippen LogP contribution is 2.22. The van der Waals surface area contributed by atoms with Gasteiger partial charge in [0.1, 0.15) is 0 Å². The molecule has 1 aliphatic carbocycles. The molecule has 30 heavy (non-hydrogen) atoms. The maximum Gasteiger partial charge on any atom is 0.251 e. The van der Waals surface area contributed by atoms with E-state index in [1.165, 1.54) is 11.1 Å². The quantitative estimate of drug-likeness (QED) is 0.742. The first kappa shape index (κ1) is 20.1. The van der Waals surface area contributed by atoms with Gasteiger partial charge in [0.2, 0.25) is 11.8 Å². The van der Waals surface area contributed by atoms with E-state index in [-0.39, 0.29) is 24.3 Å². The SMILES string of the molecule is O=C(CNC(=O)c1ccc2c(c1)CCC2)NCc1ccc(CN2CCCC2=O)cc1.